The van der Waals surface area contributed by atoms with Gasteiger partial charge in [-0.3, -0.25) is 0 Å². The molecule has 0 saturated heterocycles. The maximum atomic E-state index is 6.17. The number of aryl methyl sites for hydroxylation is 1. The fourth-order valence-corrected chi connectivity index (χ4v) is 2.39. The van der Waals surface area contributed by atoms with Crippen molar-refractivity contribution in [2.45, 2.75) is 52.2 Å². The Hall–Kier alpha value is -0.380. The molecule has 0 radical (unpaired) electrons. The largest absolute Gasteiger partial charge is 0.374 e. The molecular formula is C13H23NOS. The number of rotatable bonds is 7. The Labute approximate surface area is 103 Å². The van der Waals surface area contributed by atoms with E-state index in [0.717, 1.165) is 19.3 Å². The second-order valence-electron chi connectivity index (χ2n) is 4.28. The van der Waals surface area contributed by atoms with Gasteiger partial charge in [0.1, 0.15) is 0 Å². The zero-order valence-electron chi connectivity index (χ0n) is 10.6. The van der Waals surface area contributed by atoms with Gasteiger partial charge >= 0.3 is 0 Å². The van der Waals surface area contributed by atoms with Crippen molar-refractivity contribution < 1.29 is 4.74 Å². The smallest absolute Gasteiger partial charge is 0.0810 e. The van der Waals surface area contributed by atoms with Crippen molar-refractivity contribution in [1.82, 2.24) is 0 Å². The third-order valence-corrected chi connectivity index (χ3v) is 4.31. The Morgan fingerprint density at radius 1 is 1.19 bits per heavy atom. The highest BCUT2D eigenvalue weighted by atomic mass is 32.1. The van der Waals surface area contributed by atoms with Crippen molar-refractivity contribution in [1.29, 1.82) is 0 Å². The molecule has 0 unspecified atom stereocenters. The molecule has 92 valence electrons. The van der Waals surface area contributed by atoms with E-state index in [1.807, 2.05) is 11.3 Å². The van der Waals surface area contributed by atoms with Crippen LogP contribution < -0.4 is 5.73 Å². The minimum absolute atomic E-state index is 0.148. The van der Waals surface area contributed by atoms with Crippen LogP contribution >= 0.6 is 11.3 Å². The summed E-state index contributed by atoms with van der Waals surface area (Å²) in [5.41, 5.74) is 6.02. The fraction of sp³-hybridized carbons (Fsp3) is 0.692. The van der Waals surface area contributed by atoms with Crippen LogP contribution in [-0.4, -0.2) is 12.1 Å². The molecule has 3 heteroatoms. The zero-order valence-corrected chi connectivity index (χ0v) is 11.4. The Balaban J connectivity index is 2.35. The van der Waals surface area contributed by atoms with Crippen LogP contribution in [0.1, 0.15) is 43.4 Å². The van der Waals surface area contributed by atoms with Gasteiger partial charge in [-0.2, -0.15) is 0 Å². The molecule has 16 heavy (non-hydrogen) atoms. The van der Waals surface area contributed by atoms with Gasteiger partial charge in [0.2, 0.25) is 0 Å². The molecule has 0 saturated carbocycles. The van der Waals surface area contributed by atoms with Crippen LogP contribution in [0.2, 0.25) is 0 Å². The lowest BCUT2D eigenvalue weighted by Crippen LogP contribution is -2.43. The summed E-state index contributed by atoms with van der Waals surface area (Å²) in [6, 6.07) is 4.33. The second-order valence-corrected chi connectivity index (χ2v) is 5.54. The SMILES string of the molecule is CCc1ccc(COCC(N)(CC)CC)s1. The van der Waals surface area contributed by atoms with Gasteiger partial charge in [-0.05, 0) is 31.4 Å². The number of ether oxygens (including phenoxy) is 1. The molecule has 1 aromatic heterocycles. The maximum absolute atomic E-state index is 6.17. The van der Waals surface area contributed by atoms with Gasteiger partial charge in [0.05, 0.1) is 13.2 Å². The average molecular weight is 241 g/mol. The number of hydrogen-bond donors (Lipinski definition) is 1. The molecule has 0 aliphatic rings. The van der Waals surface area contributed by atoms with Crippen LogP contribution in [0.5, 0.6) is 0 Å². The Morgan fingerprint density at radius 2 is 1.81 bits per heavy atom. The lowest BCUT2D eigenvalue weighted by Gasteiger charge is -2.26. The van der Waals surface area contributed by atoms with Crippen molar-refractivity contribution in [3.63, 3.8) is 0 Å². The van der Waals surface area contributed by atoms with Gasteiger partial charge in [-0.1, -0.05) is 20.8 Å². The first-order chi connectivity index (χ1) is 7.63. The Morgan fingerprint density at radius 3 is 2.31 bits per heavy atom. The first kappa shape index (κ1) is 13.7. The molecular weight excluding hydrogens is 218 g/mol. The molecule has 0 bridgehead atoms. The van der Waals surface area contributed by atoms with Gasteiger partial charge in [-0.15, -0.1) is 11.3 Å². The van der Waals surface area contributed by atoms with Gasteiger partial charge in [0.25, 0.3) is 0 Å². The third kappa shape index (κ3) is 3.89. The molecule has 0 spiro atoms. The van der Waals surface area contributed by atoms with Crippen molar-refractivity contribution in [2.75, 3.05) is 6.61 Å². The molecule has 1 rings (SSSR count). The lowest BCUT2D eigenvalue weighted by molar-refractivity contribution is 0.0711. The van der Waals surface area contributed by atoms with Gasteiger partial charge in [0.15, 0.2) is 0 Å². The molecule has 2 N–H and O–H groups in total. The summed E-state index contributed by atoms with van der Waals surface area (Å²) < 4.78 is 5.71. The van der Waals surface area contributed by atoms with Gasteiger partial charge < -0.3 is 10.5 Å². The summed E-state index contributed by atoms with van der Waals surface area (Å²) in [5, 5.41) is 0. The summed E-state index contributed by atoms with van der Waals surface area (Å²) in [6.45, 7) is 7.76. The van der Waals surface area contributed by atoms with Crippen LogP contribution in [0, 0.1) is 0 Å². The minimum Gasteiger partial charge on any atom is -0.374 e. The predicted molar refractivity (Wildman–Crippen MR) is 70.9 cm³/mol. The highest BCUT2D eigenvalue weighted by molar-refractivity contribution is 7.11. The molecule has 0 fully saturated rings. The number of hydrogen-bond acceptors (Lipinski definition) is 3. The predicted octanol–water partition coefficient (Wildman–Crippen LogP) is 3.34. The van der Waals surface area contributed by atoms with E-state index in [2.05, 4.69) is 32.9 Å². The quantitative estimate of drug-likeness (QED) is 0.794. The van der Waals surface area contributed by atoms with E-state index in [1.165, 1.54) is 9.75 Å². The first-order valence-corrected chi connectivity index (χ1v) is 6.89. The summed E-state index contributed by atoms with van der Waals surface area (Å²) in [5.74, 6) is 0. The van der Waals surface area contributed by atoms with Crippen LogP contribution in [0.4, 0.5) is 0 Å². The van der Waals surface area contributed by atoms with Crippen molar-refractivity contribution in [3.8, 4) is 0 Å². The molecule has 2 nitrogen and oxygen atoms in total. The molecule has 0 aromatic carbocycles. The van der Waals surface area contributed by atoms with Crippen LogP contribution in [0.25, 0.3) is 0 Å². The van der Waals surface area contributed by atoms with Crippen molar-refractivity contribution in [2.24, 2.45) is 5.73 Å². The average Bonchev–Trinajstić information content (AvgIpc) is 2.77. The fourth-order valence-electron chi connectivity index (χ4n) is 1.50. The standard InChI is InChI=1S/C13H23NOS/c1-4-11-7-8-12(16-11)9-15-10-13(14,5-2)6-3/h7-8H,4-6,9-10,14H2,1-3H3. The topological polar surface area (TPSA) is 35.2 Å². The van der Waals surface area contributed by atoms with Crippen molar-refractivity contribution in [3.05, 3.63) is 21.9 Å². The molecule has 0 amide bonds. The normalized spacial score (nSPS) is 12.0. The highest BCUT2D eigenvalue weighted by Crippen LogP contribution is 2.19. The minimum atomic E-state index is -0.148. The second kappa shape index (κ2) is 6.38. The van der Waals surface area contributed by atoms with E-state index >= 15 is 0 Å². The van der Waals surface area contributed by atoms with Crippen molar-refractivity contribution >= 4 is 11.3 Å². The molecule has 1 heterocycles. The van der Waals surface area contributed by atoms with Crippen LogP contribution in [-0.2, 0) is 17.8 Å². The third-order valence-electron chi connectivity index (χ3n) is 3.11. The maximum Gasteiger partial charge on any atom is 0.0810 e. The molecule has 0 aliphatic heterocycles. The Bertz CT molecular complexity index is 305. The van der Waals surface area contributed by atoms with Gasteiger partial charge in [0, 0.05) is 15.3 Å². The van der Waals surface area contributed by atoms with E-state index in [9.17, 15) is 0 Å². The van der Waals surface area contributed by atoms with E-state index in [4.69, 9.17) is 10.5 Å². The summed E-state index contributed by atoms with van der Waals surface area (Å²) in [7, 11) is 0. The molecule has 0 atom stereocenters. The van der Waals surface area contributed by atoms with Gasteiger partial charge in [-0.25, -0.2) is 0 Å². The number of nitrogens with two attached hydrogens (primary N) is 1. The summed E-state index contributed by atoms with van der Waals surface area (Å²) >= 11 is 1.83. The summed E-state index contributed by atoms with van der Waals surface area (Å²) in [6.07, 6.45) is 3.04. The zero-order chi connectivity index (χ0) is 12.0. The Kier molecular flexibility index (Phi) is 5.46. The highest BCUT2D eigenvalue weighted by Gasteiger charge is 2.20. The summed E-state index contributed by atoms with van der Waals surface area (Å²) in [4.78, 5) is 2.72. The van der Waals surface area contributed by atoms with E-state index in [1.54, 1.807) is 0 Å². The monoisotopic (exact) mass is 241 g/mol. The van der Waals surface area contributed by atoms with Crippen LogP contribution in [0.15, 0.2) is 12.1 Å². The molecule has 1 aromatic rings. The lowest BCUT2D eigenvalue weighted by atomic mass is 9.96. The first-order valence-electron chi connectivity index (χ1n) is 6.07. The number of thiophene rings is 1. The van der Waals surface area contributed by atoms with E-state index in [0.29, 0.717) is 13.2 Å². The van der Waals surface area contributed by atoms with E-state index < -0.39 is 0 Å². The molecule has 0 aliphatic carbocycles. The van der Waals surface area contributed by atoms with E-state index in [-0.39, 0.29) is 5.54 Å². The van der Waals surface area contributed by atoms with Crippen LogP contribution in [0.3, 0.4) is 0 Å².